The Morgan fingerprint density at radius 2 is 2.05 bits per heavy atom. The molecule has 0 aromatic heterocycles. The van der Waals surface area contributed by atoms with E-state index in [1.807, 2.05) is 13.8 Å². The molecule has 1 aliphatic rings. The Balaban J connectivity index is 2.18. The van der Waals surface area contributed by atoms with Crippen molar-refractivity contribution in [2.45, 2.75) is 50.3 Å². The number of benzene rings is 1. The van der Waals surface area contributed by atoms with Crippen LogP contribution < -0.4 is 9.46 Å². The van der Waals surface area contributed by atoms with Crippen molar-refractivity contribution in [1.29, 1.82) is 0 Å². The van der Waals surface area contributed by atoms with Gasteiger partial charge in [0.25, 0.3) is 0 Å². The van der Waals surface area contributed by atoms with Gasteiger partial charge in [-0.25, -0.2) is 13.1 Å². The maximum absolute atomic E-state index is 12.5. The molecule has 1 N–H and O–H groups in total. The molecule has 0 atom stereocenters. The van der Waals surface area contributed by atoms with Gasteiger partial charge in [-0.1, -0.05) is 25.5 Å². The van der Waals surface area contributed by atoms with Crippen LogP contribution in [0.5, 0.6) is 5.75 Å². The first-order chi connectivity index (χ1) is 10.4. The van der Waals surface area contributed by atoms with Gasteiger partial charge < -0.3 is 4.74 Å². The van der Waals surface area contributed by atoms with Crippen LogP contribution in [0, 0.1) is 0 Å². The van der Waals surface area contributed by atoms with E-state index in [-0.39, 0.29) is 5.92 Å². The van der Waals surface area contributed by atoms with Crippen LogP contribution in [0.25, 0.3) is 0 Å². The summed E-state index contributed by atoms with van der Waals surface area (Å²) in [5.74, 6) is 0.926. The van der Waals surface area contributed by atoms with E-state index in [2.05, 4.69) is 10.8 Å². The average molecular weight is 323 g/mol. The maximum atomic E-state index is 12.5. The molecule has 0 aliphatic heterocycles. The third-order valence-corrected chi connectivity index (χ3v) is 5.41. The predicted molar refractivity (Wildman–Crippen MR) is 88.8 cm³/mol. The second-order valence-electron chi connectivity index (χ2n) is 5.99. The van der Waals surface area contributed by atoms with Crippen molar-refractivity contribution in [2.75, 3.05) is 13.7 Å². The van der Waals surface area contributed by atoms with Crippen LogP contribution in [0.1, 0.15) is 51.0 Å². The standard InChI is InChI=1S/C17H25NO3S/c1-13(2)16-11-15(9-10-17(16)21-3)22(19,20)18-12-14-7-5-4-6-8-14/h7,9-11,13,18H,4-6,8,12H2,1-3H3. The number of rotatable bonds is 6. The summed E-state index contributed by atoms with van der Waals surface area (Å²) in [5, 5.41) is 0. The maximum Gasteiger partial charge on any atom is 0.240 e. The highest BCUT2D eigenvalue weighted by Gasteiger charge is 2.18. The quantitative estimate of drug-likeness (QED) is 0.814. The lowest BCUT2D eigenvalue weighted by Crippen LogP contribution is -2.26. The molecule has 1 aromatic carbocycles. The molecule has 0 amide bonds. The minimum absolute atomic E-state index is 0.200. The first kappa shape index (κ1) is 17.0. The van der Waals surface area contributed by atoms with E-state index in [0.29, 0.717) is 11.4 Å². The van der Waals surface area contributed by atoms with Crippen molar-refractivity contribution in [3.05, 3.63) is 35.4 Å². The zero-order valence-electron chi connectivity index (χ0n) is 13.6. The fourth-order valence-electron chi connectivity index (χ4n) is 2.67. The van der Waals surface area contributed by atoms with Gasteiger partial charge in [-0.15, -0.1) is 0 Å². The fraction of sp³-hybridized carbons (Fsp3) is 0.529. The van der Waals surface area contributed by atoms with E-state index in [4.69, 9.17) is 4.74 Å². The largest absolute Gasteiger partial charge is 0.496 e. The first-order valence-corrected chi connectivity index (χ1v) is 9.28. The summed E-state index contributed by atoms with van der Waals surface area (Å²) in [4.78, 5) is 0.299. The number of hydrogen-bond acceptors (Lipinski definition) is 3. The Bertz CT molecular complexity index is 648. The number of hydrogen-bond donors (Lipinski definition) is 1. The third-order valence-electron chi connectivity index (χ3n) is 4.01. The van der Waals surface area contributed by atoms with Crippen LogP contribution in [0.4, 0.5) is 0 Å². The Morgan fingerprint density at radius 1 is 1.27 bits per heavy atom. The van der Waals surface area contributed by atoms with Gasteiger partial charge in [-0.3, -0.25) is 0 Å². The average Bonchev–Trinajstić information content (AvgIpc) is 2.53. The summed E-state index contributed by atoms with van der Waals surface area (Å²) in [6.45, 7) is 4.45. The van der Waals surface area contributed by atoms with Crippen molar-refractivity contribution < 1.29 is 13.2 Å². The molecule has 0 saturated carbocycles. The molecule has 0 radical (unpaired) electrons. The Hall–Kier alpha value is -1.33. The molecule has 0 spiro atoms. The van der Waals surface area contributed by atoms with Gasteiger partial charge in [0, 0.05) is 6.54 Å². The number of sulfonamides is 1. The minimum atomic E-state index is -3.49. The van der Waals surface area contributed by atoms with Crippen molar-refractivity contribution in [1.82, 2.24) is 4.72 Å². The molecular formula is C17H25NO3S. The van der Waals surface area contributed by atoms with E-state index >= 15 is 0 Å². The number of methoxy groups -OCH3 is 1. The molecule has 0 unspecified atom stereocenters. The summed E-state index contributed by atoms with van der Waals surface area (Å²) in [7, 11) is -1.89. The van der Waals surface area contributed by atoms with Crippen molar-refractivity contribution in [3.8, 4) is 5.75 Å². The van der Waals surface area contributed by atoms with E-state index < -0.39 is 10.0 Å². The molecule has 0 bridgehead atoms. The van der Waals surface area contributed by atoms with Crippen LogP contribution in [-0.2, 0) is 10.0 Å². The molecule has 2 rings (SSSR count). The Kier molecular flexibility index (Phi) is 5.64. The summed E-state index contributed by atoms with van der Waals surface area (Å²) < 4.78 is 33.0. The van der Waals surface area contributed by atoms with Crippen LogP contribution in [0.2, 0.25) is 0 Å². The van der Waals surface area contributed by atoms with Gasteiger partial charge in [-0.2, -0.15) is 0 Å². The van der Waals surface area contributed by atoms with Gasteiger partial charge in [0.15, 0.2) is 0 Å². The Morgan fingerprint density at radius 3 is 2.64 bits per heavy atom. The molecule has 5 heteroatoms. The minimum Gasteiger partial charge on any atom is -0.496 e. The lowest BCUT2D eigenvalue weighted by Gasteiger charge is -2.16. The third kappa shape index (κ3) is 4.11. The second kappa shape index (κ2) is 7.29. The second-order valence-corrected chi connectivity index (χ2v) is 7.76. The molecule has 1 aromatic rings. The Labute approximate surface area is 133 Å². The number of ether oxygens (including phenoxy) is 1. The predicted octanol–water partition coefficient (Wildman–Crippen LogP) is 3.60. The lowest BCUT2D eigenvalue weighted by atomic mass is 10.0. The summed E-state index contributed by atoms with van der Waals surface area (Å²) >= 11 is 0. The van der Waals surface area contributed by atoms with E-state index in [1.54, 1.807) is 25.3 Å². The fourth-order valence-corrected chi connectivity index (χ4v) is 3.74. The smallest absolute Gasteiger partial charge is 0.240 e. The van der Waals surface area contributed by atoms with Crippen LogP contribution >= 0.6 is 0 Å². The van der Waals surface area contributed by atoms with Crippen molar-refractivity contribution in [3.63, 3.8) is 0 Å². The summed E-state index contributed by atoms with van der Waals surface area (Å²) in [6.07, 6.45) is 6.54. The van der Waals surface area contributed by atoms with Gasteiger partial charge in [0.05, 0.1) is 12.0 Å². The molecule has 122 valence electrons. The molecule has 0 fully saturated rings. The van der Waals surface area contributed by atoms with Gasteiger partial charge in [0.2, 0.25) is 10.0 Å². The normalized spacial score (nSPS) is 15.7. The van der Waals surface area contributed by atoms with Crippen LogP contribution in [0.3, 0.4) is 0 Å². The van der Waals surface area contributed by atoms with Gasteiger partial charge in [0.1, 0.15) is 5.75 Å². The van der Waals surface area contributed by atoms with Gasteiger partial charge in [-0.05, 0) is 55.4 Å². The van der Waals surface area contributed by atoms with E-state index in [0.717, 1.165) is 30.6 Å². The molecule has 22 heavy (non-hydrogen) atoms. The van der Waals surface area contributed by atoms with Gasteiger partial charge >= 0.3 is 0 Å². The van der Waals surface area contributed by atoms with Crippen LogP contribution in [-0.4, -0.2) is 22.1 Å². The van der Waals surface area contributed by atoms with Crippen LogP contribution in [0.15, 0.2) is 34.7 Å². The number of nitrogens with one attached hydrogen (secondary N) is 1. The van der Waals surface area contributed by atoms with Crippen molar-refractivity contribution in [2.24, 2.45) is 0 Å². The molecule has 1 aliphatic carbocycles. The molecule has 0 saturated heterocycles. The van der Waals surface area contributed by atoms with E-state index in [9.17, 15) is 8.42 Å². The number of allylic oxidation sites excluding steroid dienone is 1. The highest BCUT2D eigenvalue weighted by Crippen LogP contribution is 2.29. The molecular weight excluding hydrogens is 298 g/mol. The topological polar surface area (TPSA) is 55.4 Å². The van der Waals surface area contributed by atoms with Crippen molar-refractivity contribution >= 4 is 10.0 Å². The molecule has 0 heterocycles. The highest BCUT2D eigenvalue weighted by atomic mass is 32.2. The lowest BCUT2D eigenvalue weighted by molar-refractivity contribution is 0.407. The van der Waals surface area contributed by atoms with E-state index in [1.165, 1.54) is 12.0 Å². The SMILES string of the molecule is COc1ccc(S(=O)(=O)NCC2=CCCCC2)cc1C(C)C. The zero-order chi connectivity index (χ0) is 16.2. The molecule has 4 nitrogen and oxygen atoms in total. The zero-order valence-corrected chi connectivity index (χ0v) is 14.4. The summed E-state index contributed by atoms with van der Waals surface area (Å²) in [5.41, 5.74) is 2.09. The monoisotopic (exact) mass is 323 g/mol. The highest BCUT2D eigenvalue weighted by molar-refractivity contribution is 7.89. The first-order valence-electron chi connectivity index (χ1n) is 7.79. The summed E-state index contributed by atoms with van der Waals surface area (Å²) in [6, 6.07) is 5.03.